The van der Waals surface area contributed by atoms with Gasteiger partial charge in [0, 0.05) is 13.0 Å². The summed E-state index contributed by atoms with van der Waals surface area (Å²) in [5.41, 5.74) is 0.640. The lowest BCUT2D eigenvalue weighted by atomic mass is 10.1. The highest BCUT2D eigenvalue weighted by molar-refractivity contribution is 5.17. The summed E-state index contributed by atoms with van der Waals surface area (Å²) in [5, 5.41) is 8.46. The molecule has 0 heterocycles. The first-order valence-electron chi connectivity index (χ1n) is 3.64. The first kappa shape index (κ1) is 8.21. The van der Waals surface area contributed by atoms with Crippen molar-refractivity contribution in [1.29, 1.82) is 0 Å². The fourth-order valence-electron chi connectivity index (χ4n) is 0.942. The third kappa shape index (κ3) is 2.31. The SMILES string of the molecule is OCCC(F)c1ccccc1. The zero-order valence-corrected chi connectivity index (χ0v) is 6.20. The third-order valence-corrected chi connectivity index (χ3v) is 1.54. The summed E-state index contributed by atoms with van der Waals surface area (Å²) in [4.78, 5) is 0. The first-order valence-corrected chi connectivity index (χ1v) is 3.64. The molecule has 0 aliphatic heterocycles. The lowest BCUT2D eigenvalue weighted by Gasteiger charge is -2.04. The Balaban J connectivity index is 2.61. The largest absolute Gasteiger partial charge is 0.396 e. The predicted molar refractivity (Wildman–Crippen MR) is 42.0 cm³/mol. The van der Waals surface area contributed by atoms with E-state index >= 15 is 0 Å². The summed E-state index contributed by atoms with van der Waals surface area (Å²) in [7, 11) is 0. The van der Waals surface area contributed by atoms with Crippen molar-refractivity contribution in [3.63, 3.8) is 0 Å². The molecule has 0 radical (unpaired) electrons. The average molecular weight is 154 g/mol. The van der Waals surface area contributed by atoms with Gasteiger partial charge in [0.1, 0.15) is 6.17 Å². The Kier molecular flexibility index (Phi) is 3.05. The summed E-state index contributed by atoms with van der Waals surface area (Å²) < 4.78 is 13.0. The van der Waals surface area contributed by atoms with Gasteiger partial charge in [0.2, 0.25) is 0 Å². The molecule has 0 bridgehead atoms. The van der Waals surface area contributed by atoms with Crippen molar-refractivity contribution in [1.82, 2.24) is 0 Å². The van der Waals surface area contributed by atoms with Crippen LogP contribution in [0.15, 0.2) is 30.3 Å². The third-order valence-electron chi connectivity index (χ3n) is 1.54. The average Bonchev–Trinajstić information content (AvgIpc) is 2.07. The smallest absolute Gasteiger partial charge is 0.127 e. The molecule has 1 unspecified atom stereocenters. The summed E-state index contributed by atoms with van der Waals surface area (Å²) in [6, 6.07) is 8.87. The van der Waals surface area contributed by atoms with Crippen LogP contribution >= 0.6 is 0 Å². The van der Waals surface area contributed by atoms with E-state index in [1.807, 2.05) is 6.07 Å². The van der Waals surface area contributed by atoms with Crippen LogP contribution < -0.4 is 0 Å². The van der Waals surface area contributed by atoms with Gasteiger partial charge in [-0.2, -0.15) is 0 Å². The molecule has 0 aliphatic rings. The van der Waals surface area contributed by atoms with Crippen molar-refractivity contribution in [2.75, 3.05) is 6.61 Å². The number of halogens is 1. The summed E-state index contributed by atoms with van der Waals surface area (Å²) in [6.07, 6.45) is -0.842. The van der Waals surface area contributed by atoms with Crippen LogP contribution in [0.25, 0.3) is 0 Å². The van der Waals surface area contributed by atoms with Crippen molar-refractivity contribution in [2.45, 2.75) is 12.6 Å². The second kappa shape index (κ2) is 4.09. The Hall–Kier alpha value is -0.890. The molecule has 1 aromatic carbocycles. The second-order valence-electron chi connectivity index (χ2n) is 2.39. The molecule has 60 valence electrons. The Morgan fingerprint density at radius 2 is 1.91 bits per heavy atom. The van der Waals surface area contributed by atoms with E-state index in [2.05, 4.69) is 0 Å². The number of rotatable bonds is 3. The van der Waals surface area contributed by atoms with E-state index in [9.17, 15) is 4.39 Å². The van der Waals surface area contributed by atoms with Gasteiger partial charge in [-0.15, -0.1) is 0 Å². The molecular weight excluding hydrogens is 143 g/mol. The maximum atomic E-state index is 13.0. The van der Waals surface area contributed by atoms with Gasteiger partial charge in [0.05, 0.1) is 0 Å². The van der Waals surface area contributed by atoms with E-state index < -0.39 is 6.17 Å². The quantitative estimate of drug-likeness (QED) is 0.706. The highest BCUT2D eigenvalue weighted by Gasteiger charge is 2.06. The number of aliphatic hydroxyl groups excluding tert-OH is 1. The van der Waals surface area contributed by atoms with Crippen molar-refractivity contribution in [3.8, 4) is 0 Å². The van der Waals surface area contributed by atoms with E-state index in [0.717, 1.165) is 0 Å². The number of benzene rings is 1. The molecule has 11 heavy (non-hydrogen) atoms. The van der Waals surface area contributed by atoms with E-state index in [0.29, 0.717) is 5.56 Å². The summed E-state index contributed by atoms with van der Waals surface area (Å²) in [6.45, 7) is -0.101. The standard InChI is InChI=1S/C9H11FO/c10-9(6-7-11)8-4-2-1-3-5-8/h1-5,9,11H,6-7H2. The topological polar surface area (TPSA) is 20.2 Å². The molecule has 1 rings (SSSR count). The van der Waals surface area contributed by atoms with Gasteiger partial charge in [-0.3, -0.25) is 0 Å². The summed E-state index contributed by atoms with van der Waals surface area (Å²) in [5.74, 6) is 0. The Morgan fingerprint density at radius 3 is 2.45 bits per heavy atom. The van der Waals surface area contributed by atoms with Crippen LogP contribution in [0.2, 0.25) is 0 Å². The number of hydrogen-bond donors (Lipinski definition) is 1. The van der Waals surface area contributed by atoms with Gasteiger partial charge in [-0.1, -0.05) is 30.3 Å². The Morgan fingerprint density at radius 1 is 1.27 bits per heavy atom. The van der Waals surface area contributed by atoms with Gasteiger partial charge < -0.3 is 5.11 Å². The minimum absolute atomic E-state index is 0.101. The van der Waals surface area contributed by atoms with Crippen molar-refractivity contribution >= 4 is 0 Å². The van der Waals surface area contributed by atoms with Crippen LogP contribution in [0.5, 0.6) is 0 Å². The van der Waals surface area contributed by atoms with E-state index in [4.69, 9.17) is 5.11 Å². The van der Waals surface area contributed by atoms with Crippen LogP contribution in [0.3, 0.4) is 0 Å². The molecule has 0 aliphatic carbocycles. The van der Waals surface area contributed by atoms with Gasteiger partial charge in [-0.05, 0) is 5.56 Å². The van der Waals surface area contributed by atoms with Crippen molar-refractivity contribution in [2.24, 2.45) is 0 Å². The van der Waals surface area contributed by atoms with Gasteiger partial charge >= 0.3 is 0 Å². The molecule has 0 fully saturated rings. The molecular formula is C9H11FO. The zero-order chi connectivity index (χ0) is 8.10. The molecule has 2 heteroatoms. The van der Waals surface area contributed by atoms with E-state index in [1.54, 1.807) is 24.3 Å². The number of aliphatic hydroxyl groups is 1. The first-order chi connectivity index (χ1) is 5.34. The van der Waals surface area contributed by atoms with Gasteiger partial charge in [0.25, 0.3) is 0 Å². The van der Waals surface area contributed by atoms with Gasteiger partial charge in [-0.25, -0.2) is 4.39 Å². The van der Waals surface area contributed by atoms with Crippen LogP contribution in [0.4, 0.5) is 4.39 Å². The second-order valence-corrected chi connectivity index (χ2v) is 2.39. The predicted octanol–water partition coefficient (Wildman–Crippen LogP) is 2.08. The molecule has 1 N–H and O–H groups in total. The lowest BCUT2D eigenvalue weighted by Crippen LogP contribution is -1.94. The van der Waals surface area contributed by atoms with Gasteiger partial charge in [0.15, 0.2) is 0 Å². The molecule has 0 saturated heterocycles. The molecule has 0 spiro atoms. The molecule has 0 amide bonds. The van der Waals surface area contributed by atoms with Crippen LogP contribution in [0.1, 0.15) is 18.2 Å². The van der Waals surface area contributed by atoms with Crippen molar-refractivity contribution < 1.29 is 9.50 Å². The fourth-order valence-corrected chi connectivity index (χ4v) is 0.942. The normalized spacial score (nSPS) is 12.9. The molecule has 1 atom stereocenters. The van der Waals surface area contributed by atoms with Crippen LogP contribution in [0, 0.1) is 0 Å². The highest BCUT2D eigenvalue weighted by Crippen LogP contribution is 2.19. The maximum absolute atomic E-state index is 13.0. The molecule has 0 aromatic heterocycles. The zero-order valence-electron chi connectivity index (χ0n) is 6.20. The van der Waals surface area contributed by atoms with Crippen LogP contribution in [-0.4, -0.2) is 11.7 Å². The van der Waals surface area contributed by atoms with E-state index in [1.165, 1.54) is 0 Å². The van der Waals surface area contributed by atoms with Crippen LogP contribution in [-0.2, 0) is 0 Å². The number of alkyl halides is 1. The molecule has 1 aromatic rings. The lowest BCUT2D eigenvalue weighted by molar-refractivity contribution is 0.222. The number of hydrogen-bond acceptors (Lipinski definition) is 1. The van der Waals surface area contributed by atoms with E-state index in [-0.39, 0.29) is 13.0 Å². The van der Waals surface area contributed by atoms with Crippen molar-refractivity contribution in [3.05, 3.63) is 35.9 Å². The Bertz CT molecular complexity index is 198. The molecule has 0 saturated carbocycles. The minimum Gasteiger partial charge on any atom is -0.396 e. The Labute approximate surface area is 65.5 Å². The maximum Gasteiger partial charge on any atom is 0.127 e. The summed E-state index contributed by atoms with van der Waals surface area (Å²) >= 11 is 0. The monoisotopic (exact) mass is 154 g/mol. The fraction of sp³-hybridized carbons (Fsp3) is 0.333. The minimum atomic E-state index is -1.03. The molecule has 1 nitrogen and oxygen atoms in total. The highest BCUT2D eigenvalue weighted by atomic mass is 19.1.